The van der Waals surface area contributed by atoms with Gasteiger partial charge in [-0.15, -0.1) is 0 Å². The Hall–Kier alpha value is -2.98. The molecule has 0 radical (unpaired) electrons. The predicted octanol–water partition coefficient (Wildman–Crippen LogP) is 3.07. The van der Waals surface area contributed by atoms with Crippen LogP contribution in [-0.2, 0) is 19.3 Å². The molecule has 0 saturated carbocycles. The fraction of sp³-hybridized carbons (Fsp3) is 0.435. The SMILES string of the molecule is COc1cnc2ccc(=O)n(CCN3CCC(NCc4ccc(C(F)(F)F)nc4)CC3)c2c1. The minimum atomic E-state index is -4.42. The topological polar surface area (TPSA) is 72.3 Å². The minimum absolute atomic E-state index is 0.0701. The molecule has 3 aromatic heterocycles. The first kappa shape index (κ1) is 23.2. The maximum Gasteiger partial charge on any atom is 0.433 e. The van der Waals surface area contributed by atoms with Gasteiger partial charge in [-0.3, -0.25) is 14.8 Å². The second-order valence-electron chi connectivity index (χ2n) is 8.15. The van der Waals surface area contributed by atoms with Crippen molar-refractivity contribution in [3.63, 3.8) is 0 Å². The quantitative estimate of drug-likeness (QED) is 0.583. The van der Waals surface area contributed by atoms with Gasteiger partial charge in [-0.1, -0.05) is 6.07 Å². The Morgan fingerprint density at radius 3 is 2.55 bits per heavy atom. The highest BCUT2D eigenvalue weighted by Gasteiger charge is 2.32. The molecule has 1 fully saturated rings. The van der Waals surface area contributed by atoms with Crippen molar-refractivity contribution in [1.82, 2.24) is 24.8 Å². The summed E-state index contributed by atoms with van der Waals surface area (Å²) in [5.74, 6) is 0.608. The molecule has 1 N–H and O–H groups in total. The van der Waals surface area contributed by atoms with E-state index in [1.54, 1.807) is 23.9 Å². The molecule has 0 atom stereocenters. The normalized spacial score (nSPS) is 15.8. The standard InChI is InChI=1S/C23H26F3N5O2/c1-33-18-12-20-19(28-15-18)3-5-22(32)31(20)11-10-30-8-6-17(7-9-30)27-13-16-2-4-21(29-14-16)23(24,25)26/h2-5,12,14-15,17,27H,6-11,13H2,1H3. The second-order valence-corrected chi connectivity index (χ2v) is 8.15. The monoisotopic (exact) mass is 461 g/mol. The zero-order chi connectivity index (χ0) is 23.4. The molecule has 1 saturated heterocycles. The van der Waals surface area contributed by atoms with Gasteiger partial charge >= 0.3 is 6.18 Å². The lowest BCUT2D eigenvalue weighted by Crippen LogP contribution is -2.43. The molecule has 4 rings (SSSR count). The van der Waals surface area contributed by atoms with Gasteiger partial charge in [0.2, 0.25) is 0 Å². The van der Waals surface area contributed by atoms with Crippen LogP contribution >= 0.6 is 0 Å². The molecular formula is C23H26F3N5O2. The van der Waals surface area contributed by atoms with E-state index in [9.17, 15) is 18.0 Å². The number of ether oxygens (including phenoxy) is 1. The number of fused-ring (bicyclic) bond motifs is 1. The van der Waals surface area contributed by atoms with Gasteiger partial charge in [0, 0.05) is 44.0 Å². The third-order valence-corrected chi connectivity index (χ3v) is 5.99. The summed E-state index contributed by atoms with van der Waals surface area (Å²) < 4.78 is 44.9. The van der Waals surface area contributed by atoms with Gasteiger partial charge in [0.15, 0.2) is 0 Å². The predicted molar refractivity (Wildman–Crippen MR) is 118 cm³/mol. The number of aromatic nitrogens is 3. The maximum atomic E-state index is 12.6. The Morgan fingerprint density at radius 2 is 1.88 bits per heavy atom. The number of likely N-dealkylation sites (tertiary alicyclic amines) is 1. The Bertz CT molecular complexity index is 1140. The third kappa shape index (κ3) is 5.69. The lowest BCUT2D eigenvalue weighted by molar-refractivity contribution is -0.141. The molecule has 7 nitrogen and oxygen atoms in total. The van der Waals surface area contributed by atoms with Crippen LogP contribution in [0.25, 0.3) is 11.0 Å². The minimum Gasteiger partial charge on any atom is -0.495 e. The largest absolute Gasteiger partial charge is 0.495 e. The molecule has 33 heavy (non-hydrogen) atoms. The van der Waals surface area contributed by atoms with Gasteiger partial charge in [0.25, 0.3) is 5.56 Å². The average molecular weight is 461 g/mol. The molecule has 10 heteroatoms. The zero-order valence-electron chi connectivity index (χ0n) is 18.3. The first-order valence-corrected chi connectivity index (χ1v) is 10.8. The van der Waals surface area contributed by atoms with Gasteiger partial charge < -0.3 is 19.5 Å². The summed E-state index contributed by atoms with van der Waals surface area (Å²) in [6.07, 6.45) is 0.340. The number of halogens is 3. The van der Waals surface area contributed by atoms with Crippen LogP contribution in [-0.4, -0.2) is 52.2 Å². The molecule has 0 aromatic carbocycles. The summed E-state index contributed by atoms with van der Waals surface area (Å²) in [7, 11) is 1.57. The number of methoxy groups -OCH3 is 1. The smallest absolute Gasteiger partial charge is 0.433 e. The van der Waals surface area contributed by atoms with Crippen LogP contribution in [0.3, 0.4) is 0 Å². The van der Waals surface area contributed by atoms with E-state index in [1.165, 1.54) is 18.3 Å². The van der Waals surface area contributed by atoms with E-state index in [4.69, 9.17) is 4.74 Å². The van der Waals surface area contributed by atoms with Crippen LogP contribution in [0.5, 0.6) is 5.75 Å². The van der Waals surface area contributed by atoms with Gasteiger partial charge in [-0.25, -0.2) is 0 Å². The number of nitrogens with zero attached hydrogens (tertiary/aromatic N) is 4. The summed E-state index contributed by atoms with van der Waals surface area (Å²) in [6, 6.07) is 7.85. The number of pyridine rings is 3. The molecule has 0 aliphatic carbocycles. The van der Waals surface area contributed by atoms with Gasteiger partial charge in [-0.05, 0) is 43.6 Å². The number of hydrogen-bond acceptors (Lipinski definition) is 6. The fourth-order valence-corrected chi connectivity index (χ4v) is 4.05. The Balaban J connectivity index is 1.28. The highest BCUT2D eigenvalue weighted by atomic mass is 19.4. The number of piperidine rings is 1. The van der Waals surface area contributed by atoms with Crippen LogP contribution in [0, 0.1) is 0 Å². The molecule has 176 valence electrons. The first-order chi connectivity index (χ1) is 15.8. The molecule has 0 bridgehead atoms. The van der Waals surface area contributed by atoms with Crippen LogP contribution in [0.2, 0.25) is 0 Å². The van der Waals surface area contributed by atoms with E-state index >= 15 is 0 Å². The second kappa shape index (κ2) is 9.88. The van der Waals surface area contributed by atoms with Crippen molar-refractivity contribution >= 4 is 11.0 Å². The average Bonchev–Trinajstić information content (AvgIpc) is 2.82. The number of hydrogen-bond donors (Lipinski definition) is 1. The fourth-order valence-electron chi connectivity index (χ4n) is 4.05. The molecule has 0 spiro atoms. The van der Waals surface area contributed by atoms with Crippen molar-refractivity contribution in [2.75, 3.05) is 26.7 Å². The molecule has 0 unspecified atom stereocenters. The Morgan fingerprint density at radius 1 is 1.09 bits per heavy atom. The molecule has 4 heterocycles. The van der Waals surface area contributed by atoms with E-state index < -0.39 is 11.9 Å². The summed E-state index contributed by atoms with van der Waals surface area (Å²) >= 11 is 0. The van der Waals surface area contributed by atoms with Crippen molar-refractivity contribution < 1.29 is 17.9 Å². The van der Waals surface area contributed by atoms with Gasteiger partial charge in [0.05, 0.1) is 24.3 Å². The number of nitrogens with one attached hydrogen (secondary N) is 1. The van der Waals surface area contributed by atoms with Gasteiger partial charge in [0.1, 0.15) is 11.4 Å². The van der Waals surface area contributed by atoms with Crippen LogP contribution < -0.4 is 15.6 Å². The lowest BCUT2D eigenvalue weighted by atomic mass is 10.0. The van der Waals surface area contributed by atoms with E-state index in [0.717, 1.165) is 55.1 Å². The molecular weight excluding hydrogens is 435 g/mol. The van der Waals surface area contributed by atoms with Crippen molar-refractivity contribution in [3.05, 3.63) is 64.3 Å². The summed E-state index contributed by atoms with van der Waals surface area (Å²) in [5, 5.41) is 3.41. The van der Waals surface area contributed by atoms with Crippen molar-refractivity contribution in [2.45, 2.75) is 38.1 Å². The Labute approximate surface area is 189 Å². The third-order valence-electron chi connectivity index (χ3n) is 5.99. The molecule has 0 amide bonds. The zero-order valence-corrected chi connectivity index (χ0v) is 18.3. The van der Waals surface area contributed by atoms with Crippen LogP contribution in [0.1, 0.15) is 24.1 Å². The van der Waals surface area contributed by atoms with E-state index in [0.29, 0.717) is 18.8 Å². The molecule has 1 aliphatic heterocycles. The Kier molecular flexibility index (Phi) is 6.94. The summed E-state index contributed by atoms with van der Waals surface area (Å²) in [5.41, 5.74) is 1.28. The highest BCUT2D eigenvalue weighted by molar-refractivity contribution is 5.75. The lowest BCUT2D eigenvalue weighted by Gasteiger charge is -2.32. The van der Waals surface area contributed by atoms with E-state index in [-0.39, 0.29) is 11.6 Å². The van der Waals surface area contributed by atoms with E-state index in [2.05, 4.69) is 20.2 Å². The van der Waals surface area contributed by atoms with Crippen LogP contribution in [0.15, 0.2) is 47.5 Å². The summed E-state index contributed by atoms with van der Waals surface area (Å²) in [6.45, 7) is 3.54. The van der Waals surface area contributed by atoms with Crippen molar-refractivity contribution in [3.8, 4) is 5.75 Å². The van der Waals surface area contributed by atoms with E-state index in [1.807, 2.05) is 6.07 Å². The molecule has 3 aromatic rings. The number of alkyl halides is 3. The summed E-state index contributed by atoms with van der Waals surface area (Å²) in [4.78, 5) is 22.6. The maximum absolute atomic E-state index is 12.6. The number of rotatable bonds is 7. The molecule has 1 aliphatic rings. The van der Waals surface area contributed by atoms with Crippen molar-refractivity contribution in [1.29, 1.82) is 0 Å². The van der Waals surface area contributed by atoms with Gasteiger partial charge in [-0.2, -0.15) is 13.2 Å². The highest BCUT2D eigenvalue weighted by Crippen LogP contribution is 2.27. The van der Waals surface area contributed by atoms with Crippen molar-refractivity contribution in [2.24, 2.45) is 0 Å². The first-order valence-electron chi connectivity index (χ1n) is 10.8. The van der Waals surface area contributed by atoms with Crippen LogP contribution in [0.4, 0.5) is 13.2 Å².